The monoisotopic (exact) mass is 1990 g/mol. The minimum Gasteiger partial charge on any atom is -0.0776 e. The summed E-state index contributed by atoms with van der Waals surface area (Å²) in [5, 5.41) is 0. The molecule has 0 heteroatoms. The third-order valence-corrected chi connectivity index (χ3v) is 47.7. The molecule has 8 unspecified atom stereocenters. The van der Waals surface area contributed by atoms with Gasteiger partial charge >= 0.3 is 0 Å². The van der Waals surface area contributed by atoms with Gasteiger partial charge in [0, 0.05) is 0 Å². The first-order valence-corrected chi connectivity index (χ1v) is 63.5. The normalized spacial score (nSPS) is 35.9. The van der Waals surface area contributed by atoms with Crippen LogP contribution in [0.3, 0.4) is 0 Å². The molecule has 848 valence electrons. The highest BCUT2D eigenvalue weighted by Crippen LogP contribution is 2.65. The van der Waals surface area contributed by atoms with E-state index in [1.165, 1.54) is 238 Å². The van der Waals surface area contributed by atoms with Crippen LogP contribution in [0.15, 0.2) is 0 Å². The molecule has 0 heterocycles. The molecule has 0 saturated heterocycles. The van der Waals surface area contributed by atoms with Crippen molar-refractivity contribution in [2.24, 2.45) is 233 Å². The molecule has 0 aromatic heterocycles. The van der Waals surface area contributed by atoms with Gasteiger partial charge in [-0.05, 0) is 464 Å². The van der Waals surface area contributed by atoms with Gasteiger partial charge in [-0.2, -0.15) is 0 Å². The third-order valence-electron chi connectivity index (χ3n) is 47.7. The van der Waals surface area contributed by atoms with Crippen molar-refractivity contribution < 1.29 is 0 Å². The van der Waals surface area contributed by atoms with Crippen LogP contribution >= 0.6 is 0 Å². The number of hydrogen-bond acceptors (Lipinski definition) is 0. The van der Waals surface area contributed by atoms with Gasteiger partial charge in [0.05, 0.1) is 0 Å². The Kier molecular flexibility index (Phi) is 51.4. The van der Waals surface area contributed by atoms with Gasteiger partial charge in [0.2, 0.25) is 0 Å². The summed E-state index contributed by atoms with van der Waals surface area (Å²) in [7, 11) is 0. The molecule has 20 aliphatic rings. The summed E-state index contributed by atoms with van der Waals surface area (Å²) in [6.45, 7) is 125. The van der Waals surface area contributed by atoms with Gasteiger partial charge in [-0.25, -0.2) is 0 Å². The SMILES string of the molecule is C.C.CC(C)C1C(C)(C)CCC1(C)C.CC1(C)CCCC(C)(C)C1.CC1C(C)(C)CCCC1(C)C.CC1C2CCC(C2)[C@H]1C.CC1CC(C)(C)CC(C)(C)C1.CCC.CCC1(C)CC(C)(C)C(C)(C)C1.CCC1C(C)(C)CCC1(C)C.CCC1CC(C)(C)C(C)(C)C1.CCC1CC(C)(C)CC(C)(C)C1.CCC1CC2CCC1C2.C[C@@H]1C2CCC(C2)C1(C)C.C[C@H]1CC2CCC1(C)CC2.C[C@H]1CC2CCC1CC2. The zero-order valence-electron chi connectivity index (χ0n) is 107. The van der Waals surface area contributed by atoms with Crippen LogP contribution in [0.5, 0.6) is 0 Å². The Morgan fingerprint density at radius 1 is 0.282 bits per heavy atom. The molecule has 0 amide bonds. The van der Waals surface area contributed by atoms with Crippen LogP contribution in [-0.4, -0.2) is 0 Å². The summed E-state index contributed by atoms with van der Waals surface area (Å²) in [6.07, 6.45) is 68.6. The molecule has 0 aromatic rings. The molecule has 0 aliphatic heterocycles. The molecular weight excluding hydrogens is 1710 g/mol. The summed E-state index contributed by atoms with van der Waals surface area (Å²) in [5.41, 5.74) is 11.2. The zero-order valence-corrected chi connectivity index (χ0v) is 107. The minimum atomic E-state index is 0. The molecule has 20 fully saturated rings. The maximum atomic E-state index is 2.49. The number of rotatable bonds is 6. The summed E-state index contributed by atoms with van der Waals surface area (Å²) < 4.78 is 0. The molecule has 0 spiro atoms. The molecule has 10 bridgehead atoms. The lowest BCUT2D eigenvalue weighted by molar-refractivity contribution is 0.0209. The van der Waals surface area contributed by atoms with Crippen molar-refractivity contribution in [2.45, 2.75) is 677 Å². The fraction of sp³-hybridized carbons (Fsp3) is 1.00. The van der Waals surface area contributed by atoms with E-state index in [4.69, 9.17) is 0 Å². The highest BCUT2D eigenvalue weighted by molar-refractivity contribution is 5.05. The van der Waals surface area contributed by atoms with Gasteiger partial charge in [0.25, 0.3) is 0 Å². The Morgan fingerprint density at radius 3 is 0.873 bits per heavy atom. The van der Waals surface area contributed by atoms with E-state index in [0.29, 0.717) is 97.5 Å². The Hall–Kier alpha value is 0. The van der Waals surface area contributed by atoms with Crippen molar-refractivity contribution in [2.75, 3.05) is 0 Å². The molecule has 0 aromatic carbocycles. The maximum Gasteiger partial charge on any atom is -0.0288 e. The molecule has 0 radical (unpaired) electrons. The number of fused-ring (bicyclic) bond motifs is 12. The maximum absolute atomic E-state index is 2.49. The molecule has 20 rings (SSSR count). The Balaban J connectivity index is 0.000000394. The summed E-state index contributed by atoms with van der Waals surface area (Å²) >= 11 is 0. The standard InChI is InChI=1S/3C12H24.4C11H22.2C10H18.C10H20.3C9H16.C3H8.2CH4/c1-9(2)10-11(3,4)7-8-12(10,5)6;1-7-12(6)8-10(2,3)11(4,5)9-12;1-6-10-7-11(2,3)9-12(4,5)8-10;1-9-6-10(2,3)8-11(4,5)7-9;1-9-10(2,3)7-6-8-11(9,4)5;1-6-9-7-10(2,3)11(4,5)8-9;1-6-9-10(2,3)7-8-11(9,4)5;1-7-8-4-5-9(6-8)10(7,2)3;1-8-7-9-3-5-10(8,2)6-4-9;1-9(2)6-5-7-10(3,4)8-9;1-6-7(2)9-4-3-8(6)5-9;1-7-6-8-2-4-9(7)5-3-8;1-2-8-5-7-3-4-9(8)6-7;1-3-2;;/h9-10H,7-8H2,1-6H3;7-9H2,1-6H3;10H,6-9H2,1-5H3;4*9H,6-8H2,1-5H3;7-9H,4-6H2,1-3H3;8-9H,3-7H2,1-2H3;5-8H2,1-4H3;6-9H,3-5H2,1-2H3;2*7-9H,2-6H2,1H3;3H2,1-2H3;2*1H4/t;;;;;;;7-,8?,9?;8-,9?,10?;;6-,7?,8?,9?;7-,8?,9?;;;;/m.......10.00..../s1. The van der Waals surface area contributed by atoms with Crippen LogP contribution in [0.4, 0.5) is 0 Å². The van der Waals surface area contributed by atoms with E-state index >= 15 is 0 Å². The van der Waals surface area contributed by atoms with E-state index in [0.717, 1.165) is 136 Å². The second kappa shape index (κ2) is 53.6. The summed E-state index contributed by atoms with van der Waals surface area (Å²) in [6, 6.07) is 0. The van der Waals surface area contributed by atoms with E-state index in [1.807, 2.05) is 0 Å². The van der Waals surface area contributed by atoms with Crippen molar-refractivity contribution in [3.05, 3.63) is 0 Å². The molecule has 142 heavy (non-hydrogen) atoms. The summed E-state index contributed by atoms with van der Waals surface area (Å²) in [5.74, 6) is 22.7. The zero-order chi connectivity index (χ0) is 107. The summed E-state index contributed by atoms with van der Waals surface area (Å²) in [4.78, 5) is 0. The minimum absolute atomic E-state index is 0. The highest BCUT2D eigenvalue weighted by Gasteiger charge is 2.55. The van der Waals surface area contributed by atoms with Crippen LogP contribution in [0, 0.1) is 233 Å². The quantitative estimate of drug-likeness (QED) is 0.249. The molecule has 0 nitrogen and oxygen atoms in total. The average Bonchev–Trinajstić information content (AvgIpc) is 1.61. The van der Waals surface area contributed by atoms with Crippen LogP contribution in [0.25, 0.3) is 0 Å². The van der Waals surface area contributed by atoms with Gasteiger partial charge in [0.15, 0.2) is 0 Å². The molecule has 12 atom stereocenters. The smallest absolute Gasteiger partial charge is 0.0288 e. The van der Waals surface area contributed by atoms with Gasteiger partial charge in [-0.15, -0.1) is 0 Å². The molecule has 0 N–H and O–H groups in total. The van der Waals surface area contributed by atoms with Crippen LogP contribution in [0.1, 0.15) is 677 Å². The van der Waals surface area contributed by atoms with E-state index in [9.17, 15) is 0 Å². The first-order valence-electron chi connectivity index (χ1n) is 63.5. The van der Waals surface area contributed by atoms with Crippen molar-refractivity contribution in [1.82, 2.24) is 0 Å². The van der Waals surface area contributed by atoms with Crippen molar-refractivity contribution in [3.63, 3.8) is 0 Å². The van der Waals surface area contributed by atoms with Crippen molar-refractivity contribution in [3.8, 4) is 0 Å². The largest absolute Gasteiger partial charge is 0.0776 e. The number of hydrogen-bond donors (Lipinski definition) is 0. The van der Waals surface area contributed by atoms with Gasteiger partial charge in [-0.3, -0.25) is 0 Å². The first-order chi connectivity index (χ1) is 63.5. The Bertz CT molecular complexity index is 3310. The molecule has 20 aliphatic carbocycles. The van der Waals surface area contributed by atoms with Crippen LogP contribution in [-0.2, 0) is 0 Å². The lowest BCUT2D eigenvalue weighted by atomic mass is 9.57. The Labute approximate surface area is 903 Å². The Morgan fingerprint density at radius 2 is 0.648 bits per heavy atom. The predicted molar refractivity (Wildman–Crippen MR) is 649 cm³/mol. The van der Waals surface area contributed by atoms with Crippen LogP contribution in [0.2, 0.25) is 0 Å². The third kappa shape index (κ3) is 39.4. The van der Waals surface area contributed by atoms with E-state index in [2.05, 4.69) is 360 Å². The lowest BCUT2D eigenvalue weighted by Crippen LogP contribution is -2.38. The van der Waals surface area contributed by atoms with E-state index in [1.54, 1.807) is 64.2 Å². The molecule has 20 saturated carbocycles. The van der Waals surface area contributed by atoms with Crippen molar-refractivity contribution in [1.29, 1.82) is 0 Å². The second-order valence-corrected chi connectivity index (χ2v) is 68.7. The predicted octanol–water partition coefficient (Wildman–Crippen LogP) is 49.0. The van der Waals surface area contributed by atoms with Gasteiger partial charge < -0.3 is 0 Å². The fourth-order valence-electron chi connectivity index (χ4n) is 38.5. The second-order valence-electron chi connectivity index (χ2n) is 68.7. The average molecular weight is 1990 g/mol. The lowest BCUT2D eigenvalue weighted by Gasteiger charge is -2.49. The van der Waals surface area contributed by atoms with Gasteiger partial charge in [0.1, 0.15) is 0 Å². The van der Waals surface area contributed by atoms with Gasteiger partial charge in [-0.1, -0.05) is 446 Å². The first kappa shape index (κ1) is 136. The molecular formula is C142H280. The van der Waals surface area contributed by atoms with Crippen LogP contribution < -0.4 is 0 Å². The fourth-order valence-corrected chi connectivity index (χ4v) is 38.5. The van der Waals surface area contributed by atoms with E-state index in [-0.39, 0.29) is 14.9 Å². The topological polar surface area (TPSA) is 0 Å². The highest BCUT2D eigenvalue weighted by atomic mass is 14.6. The van der Waals surface area contributed by atoms with Crippen molar-refractivity contribution >= 4 is 0 Å². The van der Waals surface area contributed by atoms with E-state index < -0.39 is 0 Å².